The van der Waals surface area contributed by atoms with E-state index in [2.05, 4.69) is 25.0 Å². The lowest BCUT2D eigenvalue weighted by atomic mass is 9.97. The van der Waals surface area contributed by atoms with Crippen LogP contribution in [0.5, 0.6) is 0 Å². The van der Waals surface area contributed by atoms with Crippen molar-refractivity contribution in [3.63, 3.8) is 0 Å². The minimum absolute atomic E-state index is 0.108. The standard InChI is InChI=1S/C26H27F2N7O/c1-14-7-16(11-17(27)8-14)19-13-31-25(30)22(24(19)35-5-3-18(29)4-6-35)26-33-21-10-15(12-32-36-2)9-20(28)23(21)34-26/h7-13,18H,3-6,29H2,1-2H3,(H2,30,31)(H,33,34)/b32-12+. The number of nitrogens with one attached hydrogen (secondary N) is 1. The molecule has 1 fully saturated rings. The number of hydrogen-bond donors (Lipinski definition) is 3. The number of imidazole rings is 1. The lowest BCUT2D eigenvalue weighted by molar-refractivity contribution is 0.215. The molecular formula is C26H27F2N7O. The van der Waals surface area contributed by atoms with Crippen molar-refractivity contribution in [3.8, 4) is 22.5 Å². The number of aromatic nitrogens is 3. The zero-order chi connectivity index (χ0) is 25.4. The Hall–Kier alpha value is -4.05. The molecule has 5 N–H and O–H groups in total. The largest absolute Gasteiger partial charge is 0.399 e. The van der Waals surface area contributed by atoms with E-state index in [-0.39, 0.29) is 23.2 Å². The molecule has 1 aliphatic heterocycles. The number of hydrogen-bond acceptors (Lipinski definition) is 7. The van der Waals surface area contributed by atoms with Gasteiger partial charge in [-0.15, -0.1) is 0 Å². The Balaban J connectivity index is 1.74. The molecule has 2 aromatic heterocycles. The van der Waals surface area contributed by atoms with Gasteiger partial charge in [-0.05, 0) is 55.2 Å². The van der Waals surface area contributed by atoms with Crippen LogP contribution in [0.4, 0.5) is 20.3 Å². The maximum absolute atomic E-state index is 14.9. The van der Waals surface area contributed by atoms with Crippen molar-refractivity contribution in [2.75, 3.05) is 30.8 Å². The molecule has 0 bridgehead atoms. The highest BCUT2D eigenvalue weighted by atomic mass is 19.1. The van der Waals surface area contributed by atoms with Crippen LogP contribution >= 0.6 is 0 Å². The molecule has 36 heavy (non-hydrogen) atoms. The van der Waals surface area contributed by atoms with Crippen LogP contribution in [-0.2, 0) is 4.84 Å². The van der Waals surface area contributed by atoms with Gasteiger partial charge in [-0.25, -0.2) is 18.7 Å². The summed E-state index contributed by atoms with van der Waals surface area (Å²) in [5.74, 6) is -0.250. The second kappa shape index (κ2) is 9.54. The molecule has 3 heterocycles. The number of rotatable bonds is 5. The van der Waals surface area contributed by atoms with Gasteiger partial charge in [0.15, 0.2) is 5.82 Å². The molecular weight excluding hydrogens is 464 g/mol. The summed E-state index contributed by atoms with van der Waals surface area (Å²) >= 11 is 0. The van der Waals surface area contributed by atoms with Gasteiger partial charge in [0.25, 0.3) is 0 Å². The Labute approximate surface area is 207 Å². The summed E-state index contributed by atoms with van der Waals surface area (Å²) in [5.41, 5.74) is 17.2. The van der Waals surface area contributed by atoms with Gasteiger partial charge < -0.3 is 26.2 Å². The minimum Gasteiger partial charge on any atom is -0.399 e. The fourth-order valence-corrected chi connectivity index (χ4v) is 4.71. The maximum atomic E-state index is 14.9. The molecule has 1 saturated heterocycles. The third-order valence-corrected chi connectivity index (χ3v) is 6.40. The predicted octanol–water partition coefficient (Wildman–Crippen LogP) is 4.37. The minimum atomic E-state index is -0.513. The van der Waals surface area contributed by atoms with Crippen molar-refractivity contribution in [3.05, 3.63) is 59.3 Å². The van der Waals surface area contributed by atoms with E-state index in [4.69, 9.17) is 16.3 Å². The van der Waals surface area contributed by atoms with Gasteiger partial charge in [-0.2, -0.15) is 0 Å². The number of anilines is 2. The van der Waals surface area contributed by atoms with Crippen LogP contribution in [0.25, 0.3) is 33.5 Å². The van der Waals surface area contributed by atoms with Gasteiger partial charge in [-0.3, -0.25) is 0 Å². The van der Waals surface area contributed by atoms with E-state index in [0.29, 0.717) is 46.7 Å². The summed E-state index contributed by atoms with van der Waals surface area (Å²) in [7, 11) is 1.41. The maximum Gasteiger partial charge on any atom is 0.151 e. The molecule has 0 atom stereocenters. The van der Waals surface area contributed by atoms with Crippen LogP contribution in [0.1, 0.15) is 24.0 Å². The summed E-state index contributed by atoms with van der Waals surface area (Å²) in [6, 6.07) is 8.01. The van der Waals surface area contributed by atoms with Crippen molar-refractivity contribution >= 4 is 28.8 Å². The van der Waals surface area contributed by atoms with Gasteiger partial charge in [0, 0.05) is 36.5 Å². The Morgan fingerprint density at radius 2 is 1.94 bits per heavy atom. The molecule has 10 heteroatoms. The van der Waals surface area contributed by atoms with Crippen LogP contribution in [0.15, 0.2) is 41.7 Å². The molecule has 186 valence electrons. The van der Waals surface area contributed by atoms with Crippen molar-refractivity contribution in [2.45, 2.75) is 25.8 Å². The van der Waals surface area contributed by atoms with E-state index < -0.39 is 5.82 Å². The lowest BCUT2D eigenvalue weighted by Crippen LogP contribution is -2.40. The molecule has 1 aliphatic rings. The van der Waals surface area contributed by atoms with Crippen molar-refractivity contribution in [1.82, 2.24) is 15.0 Å². The summed E-state index contributed by atoms with van der Waals surface area (Å²) in [5, 5.41) is 3.71. The molecule has 2 aromatic carbocycles. The van der Waals surface area contributed by atoms with E-state index in [1.165, 1.54) is 31.5 Å². The number of H-pyrrole nitrogens is 1. The lowest BCUT2D eigenvalue weighted by Gasteiger charge is -2.34. The van der Waals surface area contributed by atoms with E-state index in [0.717, 1.165) is 24.1 Å². The molecule has 8 nitrogen and oxygen atoms in total. The number of piperidine rings is 1. The van der Waals surface area contributed by atoms with E-state index in [1.54, 1.807) is 12.3 Å². The average Bonchev–Trinajstić information content (AvgIpc) is 3.27. The Kier molecular flexibility index (Phi) is 6.27. The van der Waals surface area contributed by atoms with Crippen LogP contribution in [0.3, 0.4) is 0 Å². The summed E-state index contributed by atoms with van der Waals surface area (Å²) < 4.78 is 29.3. The average molecular weight is 492 g/mol. The van der Waals surface area contributed by atoms with Crippen LogP contribution < -0.4 is 16.4 Å². The van der Waals surface area contributed by atoms with E-state index in [1.807, 2.05) is 13.0 Å². The van der Waals surface area contributed by atoms with Crippen molar-refractivity contribution in [2.24, 2.45) is 10.9 Å². The van der Waals surface area contributed by atoms with Gasteiger partial charge in [0.1, 0.15) is 30.1 Å². The number of aryl methyl sites for hydroxylation is 1. The number of nitrogen functional groups attached to an aromatic ring is 1. The normalized spacial score (nSPS) is 14.8. The third-order valence-electron chi connectivity index (χ3n) is 6.40. The second-order valence-electron chi connectivity index (χ2n) is 9.02. The first kappa shape index (κ1) is 23.7. The molecule has 0 aliphatic carbocycles. The summed E-state index contributed by atoms with van der Waals surface area (Å²) in [6.45, 7) is 3.21. The first-order chi connectivity index (χ1) is 17.3. The van der Waals surface area contributed by atoms with Crippen molar-refractivity contribution < 1.29 is 13.6 Å². The molecule has 4 aromatic rings. The van der Waals surface area contributed by atoms with Crippen molar-refractivity contribution in [1.29, 1.82) is 0 Å². The Bertz CT molecular complexity index is 1440. The van der Waals surface area contributed by atoms with Gasteiger partial charge in [0.05, 0.1) is 23.0 Å². The molecule has 5 rings (SSSR count). The number of pyridine rings is 1. The van der Waals surface area contributed by atoms with E-state index in [9.17, 15) is 8.78 Å². The number of oxime groups is 1. The number of aromatic amines is 1. The number of nitrogens with two attached hydrogens (primary N) is 2. The third kappa shape index (κ3) is 4.47. The first-order valence-corrected chi connectivity index (χ1v) is 11.7. The number of benzene rings is 2. The fourth-order valence-electron chi connectivity index (χ4n) is 4.71. The summed E-state index contributed by atoms with van der Waals surface area (Å²) in [6.07, 6.45) is 4.65. The van der Waals surface area contributed by atoms with E-state index >= 15 is 0 Å². The molecule has 0 spiro atoms. The number of nitrogens with zero attached hydrogens (tertiary/aromatic N) is 4. The summed E-state index contributed by atoms with van der Waals surface area (Å²) in [4.78, 5) is 19.1. The second-order valence-corrected chi connectivity index (χ2v) is 9.02. The van der Waals surface area contributed by atoms with Gasteiger partial charge >= 0.3 is 0 Å². The Morgan fingerprint density at radius 1 is 1.17 bits per heavy atom. The van der Waals surface area contributed by atoms with Crippen LogP contribution in [0.2, 0.25) is 0 Å². The smallest absolute Gasteiger partial charge is 0.151 e. The topological polar surface area (TPSA) is 118 Å². The fraction of sp³-hybridized carbons (Fsp3) is 0.269. The molecule has 0 amide bonds. The highest BCUT2D eigenvalue weighted by molar-refractivity contribution is 5.96. The molecule has 0 unspecified atom stereocenters. The predicted molar refractivity (Wildman–Crippen MR) is 138 cm³/mol. The SMILES string of the molecule is CO/N=C/c1cc(F)c2nc(-c3c(N)ncc(-c4cc(C)cc(F)c4)c3N3CCC(N)CC3)[nH]c2c1. The number of fused-ring (bicyclic) bond motifs is 1. The van der Waals surface area contributed by atoms with Gasteiger partial charge in [-0.1, -0.05) is 11.2 Å². The van der Waals surface area contributed by atoms with Gasteiger partial charge in [0.2, 0.25) is 0 Å². The first-order valence-electron chi connectivity index (χ1n) is 11.7. The molecule has 0 saturated carbocycles. The quantitative estimate of drug-likeness (QED) is 0.282. The zero-order valence-corrected chi connectivity index (χ0v) is 20.1. The monoisotopic (exact) mass is 491 g/mol. The highest BCUT2D eigenvalue weighted by Gasteiger charge is 2.27. The zero-order valence-electron chi connectivity index (χ0n) is 20.1. The number of halogens is 2. The Morgan fingerprint density at radius 3 is 2.67 bits per heavy atom. The van der Waals surface area contributed by atoms with Crippen LogP contribution in [0, 0.1) is 18.6 Å². The highest BCUT2D eigenvalue weighted by Crippen LogP contribution is 2.43. The molecule has 0 radical (unpaired) electrons. The van der Waals surface area contributed by atoms with Crippen LogP contribution in [-0.4, -0.2) is 47.4 Å².